The molecule has 1 aromatic rings. The van der Waals surface area contributed by atoms with Crippen LogP contribution in [-0.2, 0) is 35.9 Å². The average Bonchev–Trinajstić information content (AvgIpc) is 3.11. The highest BCUT2D eigenvalue weighted by atomic mass is 16.2. The van der Waals surface area contributed by atoms with E-state index in [-0.39, 0.29) is 17.7 Å². The molecule has 6 heteroatoms. The largest absolute Gasteiger partial charge is 0.349 e. The third-order valence-corrected chi connectivity index (χ3v) is 4.69. The van der Waals surface area contributed by atoms with Crippen LogP contribution >= 0.6 is 0 Å². The summed E-state index contributed by atoms with van der Waals surface area (Å²) >= 11 is 0. The SMILES string of the molecule is CCc1nn(C)c(CC)c1CC(=O)N1CC[C@H](C(=O)N(C)C)C1. The van der Waals surface area contributed by atoms with Crippen molar-refractivity contribution in [3.05, 3.63) is 17.0 Å². The second kappa shape index (κ2) is 7.15. The van der Waals surface area contributed by atoms with E-state index in [1.54, 1.807) is 19.0 Å². The lowest BCUT2D eigenvalue weighted by atomic mass is 10.1. The maximum Gasteiger partial charge on any atom is 0.227 e. The Morgan fingerprint density at radius 2 is 1.96 bits per heavy atom. The molecule has 0 aromatic carbocycles. The van der Waals surface area contributed by atoms with Gasteiger partial charge in [0, 0.05) is 45.5 Å². The zero-order valence-electron chi connectivity index (χ0n) is 14.9. The van der Waals surface area contributed by atoms with Gasteiger partial charge in [0.05, 0.1) is 18.0 Å². The van der Waals surface area contributed by atoms with Crippen LogP contribution in [0.2, 0.25) is 0 Å². The third-order valence-electron chi connectivity index (χ3n) is 4.69. The van der Waals surface area contributed by atoms with Crippen LogP contribution in [-0.4, -0.2) is 58.6 Å². The molecule has 0 radical (unpaired) electrons. The van der Waals surface area contributed by atoms with Crippen LogP contribution in [0.4, 0.5) is 0 Å². The molecule has 1 aliphatic heterocycles. The maximum absolute atomic E-state index is 12.7. The van der Waals surface area contributed by atoms with Gasteiger partial charge in [-0.3, -0.25) is 14.3 Å². The molecule has 2 amide bonds. The van der Waals surface area contributed by atoms with Gasteiger partial charge >= 0.3 is 0 Å². The van der Waals surface area contributed by atoms with Gasteiger partial charge in [-0.15, -0.1) is 0 Å². The molecule has 1 aromatic heterocycles. The first-order valence-corrected chi connectivity index (χ1v) is 8.41. The monoisotopic (exact) mass is 320 g/mol. The summed E-state index contributed by atoms with van der Waals surface area (Å²) in [6, 6.07) is 0. The number of aromatic nitrogens is 2. The van der Waals surface area contributed by atoms with E-state index < -0.39 is 0 Å². The minimum absolute atomic E-state index is 0.0564. The Morgan fingerprint density at radius 3 is 2.52 bits per heavy atom. The summed E-state index contributed by atoms with van der Waals surface area (Å²) in [6.45, 7) is 5.37. The summed E-state index contributed by atoms with van der Waals surface area (Å²) in [7, 11) is 5.47. The molecule has 0 unspecified atom stereocenters. The average molecular weight is 320 g/mol. The molecule has 0 N–H and O–H groups in total. The summed E-state index contributed by atoms with van der Waals surface area (Å²) in [6.07, 6.45) is 2.85. The van der Waals surface area contributed by atoms with E-state index in [0.717, 1.165) is 36.2 Å². The molecule has 6 nitrogen and oxygen atoms in total. The molecule has 2 rings (SSSR count). The van der Waals surface area contributed by atoms with Gasteiger partial charge in [0.1, 0.15) is 0 Å². The molecule has 23 heavy (non-hydrogen) atoms. The third kappa shape index (κ3) is 3.57. The van der Waals surface area contributed by atoms with Gasteiger partial charge in [0.2, 0.25) is 11.8 Å². The summed E-state index contributed by atoms with van der Waals surface area (Å²) in [4.78, 5) is 28.2. The Balaban J connectivity index is 2.08. The lowest BCUT2D eigenvalue weighted by Crippen LogP contribution is -2.34. The number of aryl methyl sites for hydroxylation is 2. The highest BCUT2D eigenvalue weighted by molar-refractivity contribution is 5.83. The number of hydrogen-bond donors (Lipinski definition) is 0. The number of hydrogen-bond acceptors (Lipinski definition) is 3. The van der Waals surface area contributed by atoms with Crippen LogP contribution in [0.3, 0.4) is 0 Å². The first kappa shape index (κ1) is 17.5. The van der Waals surface area contributed by atoms with Gasteiger partial charge in [-0.25, -0.2) is 0 Å². The molecule has 0 aliphatic carbocycles. The van der Waals surface area contributed by atoms with Crippen LogP contribution in [0.1, 0.15) is 37.2 Å². The smallest absolute Gasteiger partial charge is 0.227 e. The maximum atomic E-state index is 12.7. The summed E-state index contributed by atoms with van der Waals surface area (Å²) in [5.41, 5.74) is 3.22. The summed E-state index contributed by atoms with van der Waals surface area (Å²) < 4.78 is 1.89. The predicted octanol–water partition coefficient (Wildman–Crippen LogP) is 1.02. The zero-order valence-corrected chi connectivity index (χ0v) is 14.9. The lowest BCUT2D eigenvalue weighted by Gasteiger charge is -2.18. The van der Waals surface area contributed by atoms with E-state index in [0.29, 0.717) is 19.5 Å². The number of likely N-dealkylation sites (tertiary alicyclic amines) is 1. The van der Waals surface area contributed by atoms with Gasteiger partial charge in [-0.1, -0.05) is 13.8 Å². The van der Waals surface area contributed by atoms with Crippen molar-refractivity contribution in [2.45, 2.75) is 39.5 Å². The normalized spacial score (nSPS) is 17.6. The topological polar surface area (TPSA) is 58.4 Å². The van der Waals surface area contributed by atoms with Gasteiger partial charge in [0.25, 0.3) is 0 Å². The second-order valence-corrected chi connectivity index (χ2v) is 6.44. The van der Waals surface area contributed by atoms with Crippen LogP contribution in [0.5, 0.6) is 0 Å². The van der Waals surface area contributed by atoms with E-state index in [9.17, 15) is 9.59 Å². The molecule has 128 valence electrons. The minimum Gasteiger partial charge on any atom is -0.349 e. The van der Waals surface area contributed by atoms with Crippen molar-refractivity contribution in [2.75, 3.05) is 27.2 Å². The highest BCUT2D eigenvalue weighted by Crippen LogP contribution is 2.21. The van der Waals surface area contributed by atoms with Crippen molar-refractivity contribution in [1.82, 2.24) is 19.6 Å². The standard InChI is InChI=1S/C17H28N4O2/c1-6-14-13(15(7-2)20(5)18-14)10-16(22)21-9-8-12(11-21)17(23)19(3)4/h12H,6-11H2,1-5H3/t12-/m0/s1. The van der Waals surface area contributed by atoms with Crippen LogP contribution in [0.15, 0.2) is 0 Å². The lowest BCUT2D eigenvalue weighted by molar-refractivity contribution is -0.133. The van der Waals surface area contributed by atoms with Crippen molar-refractivity contribution < 1.29 is 9.59 Å². The Kier molecular flexibility index (Phi) is 5.44. The van der Waals surface area contributed by atoms with E-state index in [4.69, 9.17) is 0 Å². The Morgan fingerprint density at radius 1 is 1.26 bits per heavy atom. The van der Waals surface area contributed by atoms with E-state index in [1.807, 2.05) is 16.6 Å². The predicted molar refractivity (Wildman–Crippen MR) is 89.0 cm³/mol. The summed E-state index contributed by atoms with van der Waals surface area (Å²) in [5, 5.41) is 4.53. The number of rotatable bonds is 5. The Hall–Kier alpha value is -1.85. The molecule has 0 saturated carbocycles. The molecule has 1 fully saturated rings. The second-order valence-electron chi connectivity index (χ2n) is 6.44. The Bertz CT molecular complexity index is 592. The van der Waals surface area contributed by atoms with E-state index in [1.165, 1.54) is 0 Å². The first-order chi connectivity index (χ1) is 10.9. The fraction of sp³-hybridized carbons (Fsp3) is 0.706. The van der Waals surface area contributed by atoms with E-state index >= 15 is 0 Å². The van der Waals surface area contributed by atoms with E-state index in [2.05, 4.69) is 18.9 Å². The number of nitrogens with zero attached hydrogens (tertiary/aromatic N) is 4. The molecule has 2 heterocycles. The molecule has 0 bridgehead atoms. The van der Waals surface area contributed by atoms with Gasteiger partial charge in [-0.2, -0.15) is 5.10 Å². The fourth-order valence-electron chi connectivity index (χ4n) is 3.41. The van der Waals surface area contributed by atoms with Gasteiger partial charge in [-0.05, 0) is 19.3 Å². The Labute approximate surface area is 138 Å². The number of carbonyl (C=O) groups is 2. The van der Waals surface area contributed by atoms with Gasteiger partial charge in [0.15, 0.2) is 0 Å². The number of amides is 2. The first-order valence-electron chi connectivity index (χ1n) is 8.41. The van der Waals surface area contributed by atoms with Crippen molar-refractivity contribution in [3.63, 3.8) is 0 Å². The van der Waals surface area contributed by atoms with Crippen LogP contribution in [0.25, 0.3) is 0 Å². The quantitative estimate of drug-likeness (QED) is 0.814. The van der Waals surface area contributed by atoms with Crippen molar-refractivity contribution in [1.29, 1.82) is 0 Å². The van der Waals surface area contributed by atoms with Crippen LogP contribution in [0, 0.1) is 5.92 Å². The molecular weight excluding hydrogens is 292 g/mol. The molecule has 1 saturated heterocycles. The highest BCUT2D eigenvalue weighted by Gasteiger charge is 2.32. The molecule has 0 spiro atoms. The van der Waals surface area contributed by atoms with Crippen molar-refractivity contribution in [2.24, 2.45) is 13.0 Å². The molecule has 1 atom stereocenters. The zero-order chi connectivity index (χ0) is 17.1. The van der Waals surface area contributed by atoms with Gasteiger partial charge < -0.3 is 9.80 Å². The van der Waals surface area contributed by atoms with Crippen LogP contribution < -0.4 is 0 Å². The fourth-order valence-corrected chi connectivity index (χ4v) is 3.41. The summed E-state index contributed by atoms with van der Waals surface area (Å²) in [5.74, 6) is 0.167. The minimum atomic E-state index is -0.0564. The molecule has 1 aliphatic rings. The number of carbonyl (C=O) groups excluding carboxylic acids is 2. The molecular formula is C17H28N4O2. The van der Waals surface area contributed by atoms with Crippen molar-refractivity contribution in [3.8, 4) is 0 Å². The van der Waals surface area contributed by atoms with Crippen molar-refractivity contribution >= 4 is 11.8 Å².